The average molecular weight is 607 g/mol. The molecule has 2 amide bonds. The van der Waals surface area contributed by atoms with Crippen LogP contribution in [-0.4, -0.2) is 22.0 Å². The predicted molar refractivity (Wildman–Crippen MR) is 150 cm³/mol. The molecule has 0 fully saturated rings. The fraction of sp³-hybridized carbons (Fsp3) is 0.0800. The van der Waals surface area contributed by atoms with E-state index in [1.165, 1.54) is 29.2 Å². The van der Waals surface area contributed by atoms with Gasteiger partial charge in [0.15, 0.2) is 5.13 Å². The number of thioether (sulfide) groups is 1. The Balaban J connectivity index is 1.32. The standard InChI is InChI=1S/C25H18BrCl2N3O2S2/c1-14(23(32)31-25-30-22(13-34-25)15-2-4-16(26)5-3-15)35-19-9-7-18(8-10-19)29-24(33)20-11-6-17(27)12-21(20)28/h2-14H,1H3,(H,29,33)(H,30,31,32). The molecule has 4 aromatic rings. The van der Waals surface area contributed by atoms with Crippen LogP contribution < -0.4 is 10.6 Å². The SMILES string of the molecule is CC(Sc1ccc(NC(=O)c2ccc(Cl)cc2Cl)cc1)C(=O)Nc1nc(-c2ccc(Br)cc2)cs1. The van der Waals surface area contributed by atoms with Gasteiger partial charge >= 0.3 is 0 Å². The van der Waals surface area contributed by atoms with Gasteiger partial charge in [-0.1, -0.05) is 51.3 Å². The monoisotopic (exact) mass is 605 g/mol. The lowest BCUT2D eigenvalue weighted by atomic mass is 10.2. The zero-order valence-electron chi connectivity index (χ0n) is 18.2. The topological polar surface area (TPSA) is 71.1 Å². The van der Waals surface area contributed by atoms with E-state index in [0.717, 1.165) is 20.6 Å². The smallest absolute Gasteiger partial charge is 0.257 e. The molecule has 1 aromatic heterocycles. The molecule has 0 saturated heterocycles. The van der Waals surface area contributed by atoms with E-state index in [0.29, 0.717) is 21.4 Å². The number of anilines is 2. The Hall–Kier alpha value is -2.36. The Labute approximate surface area is 229 Å². The number of halogens is 3. The molecule has 5 nitrogen and oxygen atoms in total. The van der Waals surface area contributed by atoms with Crippen molar-refractivity contribution in [1.29, 1.82) is 0 Å². The molecule has 0 aliphatic rings. The van der Waals surface area contributed by atoms with Gasteiger partial charge in [-0.05, 0) is 61.5 Å². The average Bonchev–Trinajstić information content (AvgIpc) is 3.29. The molecule has 10 heteroatoms. The number of benzene rings is 3. The Bertz CT molecular complexity index is 1360. The van der Waals surface area contributed by atoms with Crippen molar-refractivity contribution in [3.63, 3.8) is 0 Å². The third kappa shape index (κ3) is 6.86. The molecule has 0 aliphatic heterocycles. The summed E-state index contributed by atoms with van der Waals surface area (Å²) in [6.45, 7) is 1.83. The van der Waals surface area contributed by atoms with Crippen LogP contribution >= 0.6 is 62.2 Å². The third-order valence-electron chi connectivity index (χ3n) is 4.84. The molecule has 4 rings (SSSR count). The molecule has 0 radical (unpaired) electrons. The fourth-order valence-corrected chi connectivity index (χ4v) is 5.39. The Morgan fingerprint density at radius 3 is 2.40 bits per heavy atom. The van der Waals surface area contributed by atoms with Crippen molar-refractivity contribution in [1.82, 2.24) is 4.98 Å². The van der Waals surface area contributed by atoms with Gasteiger partial charge in [0.25, 0.3) is 5.91 Å². The van der Waals surface area contributed by atoms with Gasteiger partial charge in [-0.3, -0.25) is 9.59 Å². The van der Waals surface area contributed by atoms with E-state index in [1.807, 2.05) is 48.7 Å². The van der Waals surface area contributed by atoms with Gasteiger partial charge in [0.05, 0.1) is 21.5 Å². The minimum Gasteiger partial charge on any atom is -0.322 e. The van der Waals surface area contributed by atoms with Crippen LogP contribution in [-0.2, 0) is 4.79 Å². The molecular formula is C25H18BrCl2N3O2S2. The number of carbonyl (C=O) groups is 2. The van der Waals surface area contributed by atoms with E-state index in [1.54, 1.807) is 24.3 Å². The largest absolute Gasteiger partial charge is 0.322 e. The van der Waals surface area contributed by atoms with Crippen molar-refractivity contribution in [3.05, 3.63) is 92.2 Å². The number of rotatable bonds is 7. The number of nitrogens with zero attached hydrogens (tertiary/aromatic N) is 1. The highest BCUT2D eigenvalue weighted by Crippen LogP contribution is 2.29. The number of amides is 2. The molecule has 1 heterocycles. The van der Waals surface area contributed by atoms with Gasteiger partial charge in [0.2, 0.25) is 5.91 Å². The molecule has 1 unspecified atom stereocenters. The summed E-state index contributed by atoms with van der Waals surface area (Å²) in [7, 11) is 0. The number of aromatic nitrogens is 1. The molecule has 35 heavy (non-hydrogen) atoms. The second-order valence-corrected chi connectivity index (χ2v) is 11.4. The van der Waals surface area contributed by atoms with Crippen LogP contribution in [0.1, 0.15) is 17.3 Å². The molecule has 0 aliphatic carbocycles. The van der Waals surface area contributed by atoms with Crippen molar-refractivity contribution in [3.8, 4) is 11.3 Å². The third-order valence-corrected chi connectivity index (χ3v) is 7.79. The van der Waals surface area contributed by atoms with E-state index < -0.39 is 0 Å². The van der Waals surface area contributed by atoms with Crippen LogP contribution in [0.25, 0.3) is 11.3 Å². The lowest BCUT2D eigenvalue weighted by Crippen LogP contribution is -2.22. The van der Waals surface area contributed by atoms with Crippen molar-refractivity contribution in [2.24, 2.45) is 0 Å². The quantitative estimate of drug-likeness (QED) is 0.208. The first-order valence-corrected chi connectivity index (χ1v) is 13.6. The van der Waals surface area contributed by atoms with Gasteiger partial charge in [0, 0.05) is 31.0 Å². The first-order chi connectivity index (χ1) is 16.8. The predicted octanol–water partition coefficient (Wildman–Crippen LogP) is 8.25. The highest BCUT2D eigenvalue weighted by atomic mass is 79.9. The maximum absolute atomic E-state index is 12.7. The van der Waals surface area contributed by atoms with E-state index in [9.17, 15) is 9.59 Å². The van der Waals surface area contributed by atoms with Gasteiger partial charge < -0.3 is 10.6 Å². The lowest BCUT2D eigenvalue weighted by molar-refractivity contribution is -0.115. The van der Waals surface area contributed by atoms with E-state index in [-0.39, 0.29) is 22.1 Å². The van der Waals surface area contributed by atoms with Crippen LogP contribution in [0.5, 0.6) is 0 Å². The van der Waals surface area contributed by atoms with Crippen LogP contribution in [0.15, 0.2) is 81.5 Å². The summed E-state index contributed by atoms with van der Waals surface area (Å²) < 4.78 is 0.997. The Kier molecular flexibility index (Phi) is 8.51. The number of carbonyl (C=O) groups excluding carboxylic acids is 2. The van der Waals surface area contributed by atoms with Crippen LogP contribution in [0.3, 0.4) is 0 Å². The fourth-order valence-electron chi connectivity index (χ4n) is 3.04. The summed E-state index contributed by atoms with van der Waals surface area (Å²) in [6, 6.07) is 19.8. The summed E-state index contributed by atoms with van der Waals surface area (Å²) in [5.74, 6) is -0.466. The van der Waals surface area contributed by atoms with Crippen LogP contribution in [0.2, 0.25) is 10.0 Å². The van der Waals surface area contributed by atoms with E-state index in [4.69, 9.17) is 23.2 Å². The number of hydrogen-bond donors (Lipinski definition) is 2. The van der Waals surface area contributed by atoms with Crippen LogP contribution in [0, 0.1) is 0 Å². The molecule has 0 bridgehead atoms. The highest BCUT2D eigenvalue weighted by molar-refractivity contribution is 9.10. The zero-order valence-corrected chi connectivity index (χ0v) is 23.0. The number of nitrogens with one attached hydrogen (secondary N) is 2. The van der Waals surface area contributed by atoms with Gasteiger partial charge in [-0.25, -0.2) is 4.98 Å². The summed E-state index contributed by atoms with van der Waals surface area (Å²) in [6.07, 6.45) is 0. The first-order valence-electron chi connectivity index (χ1n) is 10.3. The van der Waals surface area contributed by atoms with Crippen molar-refractivity contribution < 1.29 is 9.59 Å². The maximum atomic E-state index is 12.7. The summed E-state index contributed by atoms with van der Waals surface area (Å²) in [4.78, 5) is 30.6. The first kappa shape index (κ1) is 25.7. The second kappa shape index (κ2) is 11.6. The normalized spacial score (nSPS) is 11.7. The molecular weight excluding hydrogens is 589 g/mol. The molecule has 3 aromatic carbocycles. The second-order valence-electron chi connectivity index (χ2n) is 7.40. The molecule has 1 atom stereocenters. The minimum atomic E-state index is -0.344. The number of hydrogen-bond acceptors (Lipinski definition) is 5. The minimum absolute atomic E-state index is 0.138. The molecule has 0 spiro atoms. The Morgan fingerprint density at radius 2 is 1.71 bits per heavy atom. The number of thiazole rings is 1. The summed E-state index contributed by atoms with van der Waals surface area (Å²) in [5.41, 5.74) is 2.75. The molecule has 178 valence electrons. The van der Waals surface area contributed by atoms with E-state index in [2.05, 4.69) is 31.5 Å². The van der Waals surface area contributed by atoms with Gasteiger partial charge in [-0.15, -0.1) is 23.1 Å². The van der Waals surface area contributed by atoms with Crippen molar-refractivity contribution in [2.45, 2.75) is 17.1 Å². The summed E-state index contributed by atoms with van der Waals surface area (Å²) >= 11 is 18.2. The summed E-state index contributed by atoms with van der Waals surface area (Å²) in [5, 5.41) is 8.57. The molecule has 0 saturated carbocycles. The lowest BCUT2D eigenvalue weighted by Gasteiger charge is -2.11. The van der Waals surface area contributed by atoms with Crippen molar-refractivity contribution >= 4 is 84.9 Å². The van der Waals surface area contributed by atoms with Crippen LogP contribution in [0.4, 0.5) is 10.8 Å². The van der Waals surface area contributed by atoms with Gasteiger partial charge in [0.1, 0.15) is 0 Å². The zero-order chi connectivity index (χ0) is 24.9. The molecule has 2 N–H and O–H groups in total. The Morgan fingerprint density at radius 1 is 1.00 bits per heavy atom. The van der Waals surface area contributed by atoms with E-state index >= 15 is 0 Å². The highest BCUT2D eigenvalue weighted by Gasteiger charge is 2.17. The maximum Gasteiger partial charge on any atom is 0.257 e. The van der Waals surface area contributed by atoms with Crippen molar-refractivity contribution in [2.75, 3.05) is 10.6 Å². The van der Waals surface area contributed by atoms with Gasteiger partial charge in [-0.2, -0.15) is 0 Å².